The van der Waals surface area contributed by atoms with Crippen molar-refractivity contribution in [3.8, 4) is 0 Å². The van der Waals surface area contributed by atoms with Crippen molar-refractivity contribution in [2.75, 3.05) is 33.7 Å². The standard InChI is InChI=1S/C16H34N4O2/c1-12(18-15(21)22-16(2,3)4)14(10-17)20(6)13-8-7-9-19(5)11-13/h12-14H,7-11,17H2,1-6H3,(H,18,21). The monoisotopic (exact) mass is 314 g/mol. The maximum atomic E-state index is 11.9. The molecular weight excluding hydrogens is 280 g/mol. The van der Waals surface area contributed by atoms with Gasteiger partial charge in [0.05, 0.1) is 0 Å². The van der Waals surface area contributed by atoms with E-state index in [4.69, 9.17) is 10.5 Å². The fraction of sp³-hybridized carbons (Fsp3) is 0.938. The number of hydrogen-bond donors (Lipinski definition) is 2. The highest BCUT2D eigenvalue weighted by Gasteiger charge is 2.30. The second-order valence-corrected chi connectivity index (χ2v) is 7.46. The molecule has 6 heteroatoms. The predicted octanol–water partition coefficient (Wildman–Crippen LogP) is 1.25. The van der Waals surface area contributed by atoms with Crippen LogP contribution in [-0.4, -0.2) is 73.3 Å². The summed E-state index contributed by atoms with van der Waals surface area (Å²) in [5.41, 5.74) is 5.49. The van der Waals surface area contributed by atoms with E-state index in [1.807, 2.05) is 27.7 Å². The molecule has 1 fully saturated rings. The fourth-order valence-corrected chi connectivity index (χ4v) is 3.06. The van der Waals surface area contributed by atoms with Crippen LogP contribution in [0, 0.1) is 0 Å². The first-order valence-corrected chi connectivity index (χ1v) is 8.24. The number of nitrogens with zero attached hydrogens (tertiary/aromatic N) is 2. The van der Waals surface area contributed by atoms with Crippen LogP contribution in [-0.2, 0) is 4.74 Å². The van der Waals surface area contributed by atoms with Crippen LogP contribution in [0.15, 0.2) is 0 Å². The first kappa shape index (κ1) is 19.2. The van der Waals surface area contributed by atoms with E-state index < -0.39 is 5.60 Å². The fourth-order valence-electron chi connectivity index (χ4n) is 3.06. The largest absolute Gasteiger partial charge is 0.444 e. The van der Waals surface area contributed by atoms with Crippen molar-refractivity contribution in [3.05, 3.63) is 0 Å². The van der Waals surface area contributed by atoms with Crippen molar-refractivity contribution >= 4 is 6.09 Å². The van der Waals surface area contributed by atoms with Crippen LogP contribution in [0.1, 0.15) is 40.5 Å². The lowest BCUT2D eigenvalue weighted by atomic mass is 10.0. The SMILES string of the molecule is CC(NC(=O)OC(C)(C)C)C(CN)N(C)C1CCCN(C)C1. The van der Waals surface area contributed by atoms with E-state index in [9.17, 15) is 4.79 Å². The van der Waals surface area contributed by atoms with Gasteiger partial charge in [0.2, 0.25) is 0 Å². The average molecular weight is 314 g/mol. The summed E-state index contributed by atoms with van der Waals surface area (Å²) in [7, 11) is 4.26. The molecule has 0 saturated carbocycles. The molecule has 22 heavy (non-hydrogen) atoms. The predicted molar refractivity (Wildman–Crippen MR) is 90.0 cm³/mol. The van der Waals surface area contributed by atoms with Crippen LogP contribution in [0.2, 0.25) is 0 Å². The molecular formula is C16H34N4O2. The molecule has 1 heterocycles. The molecule has 1 aliphatic heterocycles. The Morgan fingerprint density at radius 3 is 2.64 bits per heavy atom. The zero-order valence-electron chi connectivity index (χ0n) is 15.1. The number of nitrogens with two attached hydrogens (primary N) is 1. The van der Waals surface area contributed by atoms with Crippen molar-refractivity contribution in [1.82, 2.24) is 15.1 Å². The van der Waals surface area contributed by atoms with E-state index in [2.05, 4.69) is 29.2 Å². The van der Waals surface area contributed by atoms with Crippen molar-refractivity contribution in [1.29, 1.82) is 0 Å². The maximum absolute atomic E-state index is 11.9. The van der Waals surface area contributed by atoms with E-state index in [0.29, 0.717) is 12.6 Å². The topological polar surface area (TPSA) is 70.8 Å². The molecule has 0 aliphatic carbocycles. The van der Waals surface area contributed by atoms with Gasteiger partial charge in [-0.25, -0.2) is 4.79 Å². The second kappa shape index (κ2) is 8.13. The highest BCUT2D eigenvalue weighted by atomic mass is 16.6. The van der Waals surface area contributed by atoms with Gasteiger partial charge in [-0.3, -0.25) is 4.90 Å². The summed E-state index contributed by atoms with van der Waals surface area (Å²) in [4.78, 5) is 16.6. The van der Waals surface area contributed by atoms with Gasteiger partial charge in [-0.15, -0.1) is 0 Å². The zero-order valence-corrected chi connectivity index (χ0v) is 15.1. The van der Waals surface area contributed by atoms with Crippen LogP contribution in [0.25, 0.3) is 0 Å². The lowest BCUT2D eigenvalue weighted by molar-refractivity contribution is 0.0433. The third kappa shape index (κ3) is 6.10. The number of likely N-dealkylation sites (tertiary alicyclic amines) is 1. The Morgan fingerprint density at radius 2 is 2.14 bits per heavy atom. The number of rotatable bonds is 5. The van der Waals surface area contributed by atoms with Crippen LogP contribution in [0.4, 0.5) is 4.79 Å². The van der Waals surface area contributed by atoms with Gasteiger partial charge in [-0.05, 0) is 61.2 Å². The summed E-state index contributed by atoms with van der Waals surface area (Å²) in [5.74, 6) is 0. The first-order chi connectivity index (χ1) is 10.1. The Morgan fingerprint density at radius 1 is 1.50 bits per heavy atom. The van der Waals surface area contributed by atoms with Gasteiger partial charge in [0, 0.05) is 31.2 Å². The molecule has 1 saturated heterocycles. The Labute approximate surface area is 135 Å². The van der Waals surface area contributed by atoms with E-state index in [0.717, 1.165) is 13.1 Å². The van der Waals surface area contributed by atoms with Crippen LogP contribution < -0.4 is 11.1 Å². The number of likely N-dealkylation sites (N-methyl/N-ethyl adjacent to an activating group) is 2. The van der Waals surface area contributed by atoms with Crippen LogP contribution in [0.5, 0.6) is 0 Å². The zero-order chi connectivity index (χ0) is 16.9. The van der Waals surface area contributed by atoms with Crippen LogP contribution >= 0.6 is 0 Å². The number of carbonyl (C=O) groups is 1. The van der Waals surface area contributed by atoms with Gasteiger partial charge in [0.1, 0.15) is 5.60 Å². The third-order valence-corrected chi connectivity index (χ3v) is 4.26. The minimum absolute atomic E-state index is 0.0583. The van der Waals surface area contributed by atoms with Crippen molar-refractivity contribution in [2.45, 2.75) is 64.3 Å². The Hall–Kier alpha value is -0.850. The summed E-state index contributed by atoms with van der Waals surface area (Å²) >= 11 is 0. The molecule has 3 atom stereocenters. The highest BCUT2D eigenvalue weighted by Crippen LogP contribution is 2.17. The third-order valence-electron chi connectivity index (χ3n) is 4.26. The molecule has 6 nitrogen and oxygen atoms in total. The van der Waals surface area contributed by atoms with Crippen LogP contribution in [0.3, 0.4) is 0 Å². The summed E-state index contributed by atoms with van der Waals surface area (Å²) in [6.07, 6.45) is 2.00. The molecule has 3 N–H and O–H groups in total. The smallest absolute Gasteiger partial charge is 0.407 e. The average Bonchev–Trinajstić information content (AvgIpc) is 2.36. The van der Waals surface area contributed by atoms with Gasteiger partial charge in [0.25, 0.3) is 0 Å². The van der Waals surface area contributed by atoms with Gasteiger partial charge >= 0.3 is 6.09 Å². The van der Waals surface area contributed by atoms with Crippen molar-refractivity contribution in [2.24, 2.45) is 5.73 Å². The second-order valence-electron chi connectivity index (χ2n) is 7.46. The van der Waals surface area contributed by atoms with Crippen molar-refractivity contribution in [3.63, 3.8) is 0 Å². The maximum Gasteiger partial charge on any atom is 0.407 e. The normalized spacial score (nSPS) is 23.2. The summed E-state index contributed by atoms with van der Waals surface area (Å²) < 4.78 is 5.33. The van der Waals surface area contributed by atoms with Gasteiger partial charge < -0.3 is 20.7 Å². The highest BCUT2D eigenvalue weighted by molar-refractivity contribution is 5.68. The quantitative estimate of drug-likeness (QED) is 0.799. The summed E-state index contributed by atoms with van der Waals surface area (Å²) in [5, 5.41) is 2.92. The minimum Gasteiger partial charge on any atom is -0.444 e. The molecule has 0 aromatic carbocycles. The number of piperidine rings is 1. The number of amides is 1. The number of ether oxygens (including phenoxy) is 1. The first-order valence-electron chi connectivity index (χ1n) is 8.24. The lowest BCUT2D eigenvalue weighted by Crippen LogP contribution is -2.58. The Balaban J connectivity index is 2.59. The van der Waals surface area contributed by atoms with E-state index in [1.54, 1.807) is 0 Å². The Bertz CT molecular complexity index is 357. The van der Waals surface area contributed by atoms with Crippen molar-refractivity contribution < 1.29 is 9.53 Å². The molecule has 130 valence electrons. The number of alkyl carbamates (subject to hydrolysis) is 1. The van der Waals surface area contributed by atoms with E-state index in [-0.39, 0.29) is 18.2 Å². The van der Waals surface area contributed by atoms with Gasteiger partial charge in [-0.1, -0.05) is 0 Å². The number of nitrogens with one attached hydrogen (secondary N) is 1. The summed E-state index contributed by atoms with van der Waals surface area (Å²) in [6.45, 7) is 10.3. The lowest BCUT2D eigenvalue weighted by Gasteiger charge is -2.41. The molecule has 3 unspecified atom stereocenters. The van der Waals surface area contributed by atoms with E-state index in [1.165, 1.54) is 12.8 Å². The minimum atomic E-state index is -0.486. The molecule has 0 bridgehead atoms. The molecule has 0 aromatic rings. The molecule has 0 spiro atoms. The molecule has 0 radical (unpaired) electrons. The van der Waals surface area contributed by atoms with Gasteiger partial charge in [0.15, 0.2) is 0 Å². The molecule has 0 aromatic heterocycles. The Kier molecular flexibility index (Phi) is 7.09. The van der Waals surface area contributed by atoms with E-state index >= 15 is 0 Å². The molecule has 1 rings (SSSR count). The van der Waals surface area contributed by atoms with Gasteiger partial charge in [-0.2, -0.15) is 0 Å². The number of hydrogen-bond acceptors (Lipinski definition) is 5. The number of carbonyl (C=O) groups excluding carboxylic acids is 1. The molecule has 1 amide bonds. The molecule has 1 aliphatic rings. The summed E-state index contributed by atoms with van der Waals surface area (Å²) in [6, 6.07) is 0.524.